The molecule has 35 heavy (non-hydrogen) atoms. The first-order chi connectivity index (χ1) is 16.9. The predicted octanol–water partition coefficient (Wildman–Crippen LogP) is 3.34. The number of nitrogens with one attached hydrogen (secondary N) is 1. The molecule has 0 spiro atoms. The van der Waals surface area contributed by atoms with E-state index in [1.54, 1.807) is 30.6 Å². The Kier molecular flexibility index (Phi) is 6.08. The molecule has 0 radical (unpaired) electrons. The minimum atomic E-state index is -0.367. The van der Waals surface area contributed by atoms with Crippen molar-refractivity contribution < 1.29 is 13.9 Å². The van der Waals surface area contributed by atoms with Gasteiger partial charge in [-0.05, 0) is 54.4 Å². The van der Waals surface area contributed by atoms with Crippen LogP contribution in [0, 0.1) is 12.7 Å². The number of amides is 1. The lowest BCUT2D eigenvalue weighted by atomic mass is 9.98. The number of aromatic amines is 1. The number of nitrogens with zero attached hydrogens (tertiary/aromatic N) is 5. The zero-order valence-corrected chi connectivity index (χ0v) is 19.8. The summed E-state index contributed by atoms with van der Waals surface area (Å²) in [6.07, 6.45) is 0.489. The third kappa shape index (κ3) is 4.54. The normalized spacial score (nSPS) is 15.5. The number of hydrogen-bond acceptors (Lipinski definition) is 7. The number of benzene rings is 2. The van der Waals surface area contributed by atoms with E-state index in [2.05, 4.69) is 20.3 Å². The molecule has 1 N–H and O–H groups in total. The maximum Gasteiger partial charge on any atom is 0.253 e. The van der Waals surface area contributed by atoms with Crippen LogP contribution in [0.1, 0.15) is 29.3 Å². The number of carbonyl (C=O) groups excluding carboxylic acids is 1. The number of methoxy groups -OCH3 is 1. The summed E-state index contributed by atoms with van der Waals surface area (Å²) >= 11 is 1.20. The molecule has 178 valence electrons. The van der Waals surface area contributed by atoms with Gasteiger partial charge in [0, 0.05) is 18.2 Å². The summed E-state index contributed by atoms with van der Waals surface area (Å²) in [5, 5.41) is 14.7. The van der Waals surface area contributed by atoms with Gasteiger partial charge in [0.25, 0.3) is 11.5 Å². The summed E-state index contributed by atoms with van der Waals surface area (Å²) < 4.78 is 20.5. The monoisotopic (exact) mass is 492 g/mol. The van der Waals surface area contributed by atoms with Crippen molar-refractivity contribution in [3.8, 4) is 5.75 Å². The van der Waals surface area contributed by atoms with E-state index in [1.165, 1.54) is 35.0 Å². The quantitative estimate of drug-likeness (QED) is 0.414. The number of rotatable bonds is 6. The van der Waals surface area contributed by atoms with E-state index in [4.69, 9.17) is 4.74 Å². The van der Waals surface area contributed by atoms with Crippen LogP contribution < -0.4 is 10.3 Å². The number of hydrogen-bond donors (Lipinski definition) is 1. The first-order valence-corrected chi connectivity index (χ1v) is 11.8. The Balaban J connectivity index is 1.41. The Morgan fingerprint density at radius 2 is 1.91 bits per heavy atom. The molecular formula is C24H21FN6O3S. The largest absolute Gasteiger partial charge is 0.497 e. The average Bonchev–Trinajstić information content (AvgIpc) is 3.48. The molecule has 0 unspecified atom stereocenters. The Morgan fingerprint density at radius 3 is 2.63 bits per heavy atom. The number of hydrazone groups is 1. The molecular weight excluding hydrogens is 471 g/mol. The fraction of sp³-hybridized carbons (Fsp3) is 0.208. The van der Waals surface area contributed by atoms with Crippen molar-refractivity contribution in [1.82, 2.24) is 24.6 Å². The van der Waals surface area contributed by atoms with Crippen LogP contribution in [0.15, 0.2) is 69.6 Å². The SMILES string of the molecule is COc1ccc(C2=NN(C(=O)CSc3nnc4[nH]c(=O)cc(C)n34)[C@H](c3ccc(F)cc3)C2)cc1. The molecule has 1 atom stereocenters. The number of halogens is 1. The van der Waals surface area contributed by atoms with Crippen LogP contribution in [0.2, 0.25) is 0 Å². The second kappa shape index (κ2) is 9.34. The van der Waals surface area contributed by atoms with E-state index in [1.807, 2.05) is 24.3 Å². The van der Waals surface area contributed by atoms with Gasteiger partial charge in [-0.15, -0.1) is 10.2 Å². The van der Waals surface area contributed by atoms with Crippen molar-refractivity contribution >= 4 is 29.2 Å². The fourth-order valence-electron chi connectivity index (χ4n) is 4.00. The van der Waals surface area contributed by atoms with E-state index < -0.39 is 0 Å². The van der Waals surface area contributed by atoms with Gasteiger partial charge in [0.1, 0.15) is 11.6 Å². The van der Waals surface area contributed by atoms with Crippen LogP contribution in [0.4, 0.5) is 4.39 Å². The van der Waals surface area contributed by atoms with E-state index in [9.17, 15) is 14.0 Å². The van der Waals surface area contributed by atoms with Gasteiger partial charge in [-0.3, -0.25) is 19.0 Å². The van der Waals surface area contributed by atoms with Gasteiger partial charge in [0.2, 0.25) is 5.78 Å². The maximum absolute atomic E-state index is 13.5. The molecule has 1 amide bonds. The van der Waals surface area contributed by atoms with E-state index >= 15 is 0 Å². The van der Waals surface area contributed by atoms with Gasteiger partial charge in [0.15, 0.2) is 5.16 Å². The molecule has 2 aromatic carbocycles. The number of fused-ring (bicyclic) bond motifs is 1. The first-order valence-electron chi connectivity index (χ1n) is 10.8. The van der Waals surface area contributed by atoms with Crippen molar-refractivity contribution in [2.75, 3.05) is 12.9 Å². The van der Waals surface area contributed by atoms with Crippen LogP contribution in [-0.2, 0) is 4.79 Å². The molecule has 9 nitrogen and oxygen atoms in total. The van der Waals surface area contributed by atoms with Crippen molar-refractivity contribution in [3.05, 3.63) is 87.6 Å². The van der Waals surface area contributed by atoms with Gasteiger partial charge in [-0.1, -0.05) is 23.9 Å². The van der Waals surface area contributed by atoms with Crippen LogP contribution in [0.5, 0.6) is 5.75 Å². The molecule has 0 fully saturated rings. The van der Waals surface area contributed by atoms with Crippen molar-refractivity contribution in [2.24, 2.45) is 5.10 Å². The summed E-state index contributed by atoms with van der Waals surface area (Å²) in [6.45, 7) is 1.77. The summed E-state index contributed by atoms with van der Waals surface area (Å²) in [5.41, 5.74) is 2.81. The van der Waals surface area contributed by atoms with Crippen molar-refractivity contribution in [3.63, 3.8) is 0 Å². The molecule has 1 aliphatic rings. The Hall–Kier alpha value is -3.99. The Bertz CT molecular complexity index is 1480. The smallest absolute Gasteiger partial charge is 0.253 e. The summed E-state index contributed by atoms with van der Waals surface area (Å²) in [5.74, 6) is 0.519. The highest BCUT2D eigenvalue weighted by atomic mass is 32.2. The Labute approximate surface area is 203 Å². The van der Waals surface area contributed by atoms with Crippen molar-refractivity contribution in [1.29, 1.82) is 0 Å². The van der Waals surface area contributed by atoms with Gasteiger partial charge in [-0.2, -0.15) is 5.10 Å². The van der Waals surface area contributed by atoms with Crippen LogP contribution in [0.25, 0.3) is 5.78 Å². The summed E-state index contributed by atoms with van der Waals surface area (Å²) in [7, 11) is 1.60. The molecule has 11 heteroatoms. The standard InChI is InChI=1S/C24H21FN6O3S/c1-14-11-21(32)26-23-27-28-24(30(14)23)35-13-22(33)31-20(16-3-7-17(25)8-4-16)12-19(29-31)15-5-9-18(34-2)10-6-15/h3-11,20H,12-13H2,1-2H3,(H,26,27,32)/t20-/m0/s1. The van der Waals surface area contributed by atoms with Crippen LogP contribution in [-0.4, -0.2) is 49.1 Å². The number of aromatic nitrogens is 4. The molecule has 5 rings (SSSR count). The Morgan fingerprint density at radius 1 is 1.17 bits per heavy atom. The minimum absolute atomic E-state index is 0.0520. The zero-order valence-electron chi connectivity index (χ0n) is 18.9. The van der Waals surface area contributed by atoms with Gasteiger partial charge >= 0.3 is 0 Å². The highest BCUT2D eigenvalue weighted by Gasteiger charge is 2.33. The molecule has 2 aromatic heterocycles. The highest BCUT2D eigenvalue weighted by molar-refractivity contribution is 7.99. The number of aryl methyl sites for hydroxylation is 1. The fourth-order valence-corrected chi connectivity index (χ4v) is 4.84. The highest BCUT2D eigenvalue weighted by Crippen LogP contribution is 2.34. The van der Waals surface area contributed by atoms with Crippen LogP contribution in [0.3, 0.4) is 0 Å². The maximum atomic E-state index is 13.5. The molecule has 0 saturated carbocycles. The number of thioether (sulfide) groups is 1. The van der Waals surface area contributed by atoms with Crippen LogP contribution >= 0.6 is 11.8 Å². The summed E-state index contributed by atoms with van der Waals surface area (Å²) in [6, 6.07) is 14.7. The summed E-state index contributed by atoms with van der Waals surface area (Å²) in [4.78, 5) is 27.6. The lowest BCUT2D eigenvalue weighted by molar-refractivity contribution is -0.130. The minimum Gasteiger partial charge on any atom is -0.497 e. The third-order valence-electron chi connectivity index (χ3n) is 5.73. The molecule has 4 aromatic rings. The number of ether oxygens (including phenoxy) is 1. The number of H-pyrrole nitrogens is 1. The topological polar surface area (TPSA) is 105 Å². The van der Waals surface area contributed by atoms with E-state index in [0.29, 0.717) is 23.0 Å². The lowest BCUT2D eigenvalue weighted by Crippen LogP contribution is -2.28. The zero-order chi connectivity index (χ0) is 24.5. The lowest BCUT2D eigenvalue weighted by Gasteiger charge is -2.21. The first kappa shape index (κ1) is 22.8. The van der Waals surface area contributed by atoms with Gasteiger partial charge in [0.05, 0.1) is 24.6 Å². The van der Waals surface area contributed by atoms with Gasteiger partial charge in [-0.25, -0.2) is 9.40 Å². The second-order valence-corrected chi connectivity index (χ2v) is 8.93. The third-order valence-corrected chi connectivity index (χ3v) is 6.64. The molecule has 1 aliphatic heterocycles. The second-order valence-electron chi connectivity index (χ2n) is 7.99. The van der Waals surface area contributed by atoms with E-state index in [-0.39, 0.29) is 29.1 Å². The molecule has 3 heterocycles. The molecule has 0 aliphatic carbocycles. The predicted molar refractivity (Wildman–Crippen MR) is 129 cm³/mol. The molecule has 0 saturated heterocycles. The van der Waals surface area contributed by atoms with Gasteiger partial charge < -0.3 is 4.74 Å². The molecule has 0 bridgehead atoms. The van der Waals surface area contributed by atoms with E-state index in [0.717, 1.165) is 22.6 Å². The average molecular weight is 493 g/mol. The van der Waals surface area contributed by atoms with Crippen molar-refractivity contribution in [2.45, 2.75) is 24.5 Å². The number of carbonyl (C=O) groups is 1.